The van der Waals surface area contributed by atoms with Crippen molar-refractivity contribution in [2.75, 3.05) is 35.8 Å². The lowest BCUT2D eigenvalue weighted by atomic mass is 9.69. The molecule has 1 aliphatic heterocycles. The highest BCUT2D eigenvalue weighted by Crippen LogP contribution is 2.43. The number of carbonyl (C=O) groups excluding carboxylic acids is 2. The highest BCUT2D eigenvalue weighted by atomic mass is 16.5. The number of H-pyrrole nitrogens is 1. The van der Waals surface area contributed by atoms with E-state index in [9.17, 15) is 14.4 Å². The van der Waals surface area contributed by atoms with Crippen LogP contribution in [0.4, 0.5) is 17.5 Å². The molecule has 2 aliphatic rings. The van der Waals surface area contributed by atoms with Gasteiger partial charge in [0, 0.05) is 31.7 Å². The fourth-order valence-electron chi connectivity index (χ4n) is 3.37. The number of anilines is 3. The first-order chi connectivity index (χ1) is 11.9. The first-order valence-corrected chi connectivity index (χ1v) is 8.04. The second-order valence-corrected chi connectivity index (χ2v) is 6.29. The lowest BCUT2D eigenvalue weighted by Gasteiger charge is -2.48. The van der Waals surface area contributed by atoms with Crippen molar-refractivity contribution in [3.63, 3.8) is 0 Å². The number of aromatic amines is 1. The van der Waals surface area contributed by atoms with E-state index >= 15 is 0 Å². The van der Waals surface area contributed by atoms with E-state index in [-0.39, 0.29) is 54.5 Å². The SMILES string of the molecule is CC(=O)OCC1CC(N2CNc3c2nc(N)[nH]c3=O)C1COC(C)=O. The summed E-state index contributed by atoms with van der Waals surface area (Å²) in [4.78, 5) is 42.8. The third-order valence-corrected chi connectivity index (χ3v) is 4.64. The van der Waals surface area contributed by atoms with Gasteiger partial charge in [-0.05, 0) is 6.42 Å². The number of ether oxygens (including phenoxy) is 2. The molecular formula is C15H21N5O5. The number of carbonyl (C=O) groups is 2. The van der Waals surface area contributed by atoms with Crippen LogP contribution in [0.15, 0.2) is 4.79 Å². The molecule has 0 spiro atoms. The average molecular weight is 351 g/mol. The van der Waals surface area contributed by atoms with Crippen LogP contribution in [0.25, 0.3) is 0 Å². The van der Waals surface area contributed by atoms with Gasteiger partial charge in [0.05, 0.1) is 19.9 Å². The Morgan fingerprint density at radius 1 is 1.28 bits per heavy atom. The Labute approximate surface area is 143 Å². The minimum atomic E-state index is -0.365. The first-order valence-electron chi connectivity index (χ1n) is 8.04. The number of aromatic nitrogens is 2. The van der Waals surface area contributed by atoms with Gasteiger partial charge in [0.2, 0.25) is 5.95 Å². The number of fused-ring (bicyclic) bond motifs is 1. The Bertz CT molecular complexity index is 748. The van der Waals surface area contributed by atoms with Crippen molar-refractivity contribution < 1.29 is 19.1 Å². The Hall–Kier alpha value is -2.78. The Balaban J connectivity index is 1.77. The zero-order valence-electron chi connectivity index (χ0n) is 14.1. The van der Waals surface area contributed by atoms with E-state index in [2.05, 4.69) is 15.3 Å². The molecule has 10 heteroatoms. The molecule has 0 bridgehead atoms. The maximum absolute atomic E-state index is 12.0. The second kappa shape index (κ2) is 6.61. The molecule has 1 fully saturated rings. The number of esters is 2. The summed E-state index contributed by atoms with van der Waals surface area (Å²) in [6, 6.07) is 0.00218. The molecule has 3 atom stereocenters. The molecule has 0 amide bonds. The van der Waals surface area contributed by atoms with Gasteiger partial charge < -0.3 is 25.4 Å². The Morgan fingerprint density at radius 2 is 1.96 bits per heavy atom. The van der Waals surface area contributed by atoms with Gasteiger partial charge in [-0.15, -0.1) is 0 Å². The number of rotatable bonds is 5. The lowest BCUT2D eigenvalue weighted by Crippen LogP contribution is -2.56. The van der Waals surface area contributed by atoms with Crippen molar-refractivity contribution in [3.05, 3.63) is 10.4 Å². The molecule has 2 heterocycles. The van der Waals surface area contributed by atoms with Crippen molar-refractivity contribution in [3.8, 4) is 0 Å². The molecule has 1 saturated carbocycles. The molecule has 136 valence electrons. The quantitative estimate of drug-likeness (QED) is 0.608. The minimum absolute atomic E-state index is 0.00218. The molecule has 1 aliphatic carbocycles. The van der Waals surface area contributed by atoms with Crippen LogP contribution in [-0.4, -0.2) is 47.8 Å². The Kier molecular flexibility index (Phi) is 4.51. The summed E-state index contributed by atoms with van der Waals surface area (Å²) in [5, 5.41) is 3.02. The van der Waals surface area contributed by atoms with Gasteiger partial charge in [-0.2, -0.15) is 4.98 Å². The van der Waals surface area contributed by atoms with Crippen LogP contribution in [0.5, 0.6) is 0 Å². The van der Waals surface area contributed by atoms with Crippen LogP contribution in [0.2, 0.25) is 0 Å². The van der Waals surface area contributed by atoms with Gasteiger partial charge in [0.25, 0.3) is 5.56 Å². The van der Waals surface area contributed by atoms with Gasteiger partial charge in [0.15, 0.2) is 5.82 Å². The van der Waals surface area contributed by atoms with Crippen LogP contribution in [0, 0.1) is 11.8 Å². The van der Waals surface area contributed by atoms with Gasteiger partial charge in [-0.1, -0.05) is 0 Å². The molecule has 3 unspecified atom stereocenters. The molecule has 10 nitrogen and oxygen atoms in total. The number of nitrogen functional groups attached to an aromatic ring is 1. The van der Waals surface area contributed by atoms with E-state index in [1.807, 2.05) is 4.90 Å². The molecular weight excluding hydrogens is 330 g/mol. The summed E-state index contributed by atoms with van der Waals surface area (Å²) in [5.41, 5.74) is 5.70. The van der Waals surface area contributed by atoms with E-state index in [0.29, 0.717) is 18.2 Å². The normalized spacial score (nSPS) is 24.1. The zero-order chi connectivity index (χ0) is 18.1. The number of hydrogen-bond acceptors (Lipinski definition) is 9. The lowest BCUT2D eigenvalue weighted by molar-refractivity contribution is -0.150. The second-order valence-electron chi connectivity index (χ2n) is 6.29. The average Bonchev–Trinajstić information content (AvgIpc) is 2.89. The predicted octanol–water partition coefficient (Wildman–Crippen LogP) is -0.328. The van der Waals surface area contributed by atoms with Crippen molar-refractivity contribution in [2.24, 2.45) is 11.8 Å². The molecule has 0 aromatic carbocycles. The monoisotopic (exact) mass is 351 g/mol. The van der Waals surface area contributed by atoms with E-state index < -0.39 is 0 Å². The molecule has 3 rings (SSSR count). The summed E-state index contributed by atoms with van der Waals surface area (Å²) in [5.74, 6) is -0.121. The molecule has 1 aromatic rings. The summed E-state index contributed by atoms with van der Waals surface area (Å²) in [6.07, 6.45) is 0.731. The number of nitrogens with zero attached hydrogens (tertiary/aromatic N) is 2. The maximum Gasteiger partial charge on any atom is 0.302 e. The summed E-state index contributed by atoms with van der Waals surface area (Å²) < 4.78 is 10.3. The molecule has 0 saturated heterocycles. The highest BCUT2D eigenvalue weighted by molar-refractivity contribution is 5.71. The fourth-order valence-corrected chi connectivity index (χ4v) is 3.37. The topological polar surface area (TPSA) is 140 Å². The number of nitrogens with one attached hydrogen (secondary N) is 2. The Morgan fingerprint density at radius 3 is 2.64 bits per heavy atom. The molecule has 0 radical (unpaired) electrons. The summed E-state index contributed by atoms with van der Waals surface area (Å²) in [7, 11) is 0. The van der Waals surface area contributed by atoms with Gasteiger partial charge >= 0.3 is 11.9 Å². The number of nitrogens with two attached hydrogens (primary N) is 1. The van der Waals surface area contributed by atoms with Crippen LogP contribution in [0.3, 0.4) is 0 Å². The molecule has 1 aromatic heterocycles. The standard InChI is InChI=1S/C15H21N5O5/c1-7(21)24-4-9-3-11(10(9)5-25-8(2)22)20-6-17-12-13(20)18-15(16)19-14(12)23/h9-11,17H,3-6H2,1-2H3,(H3,16,18,19,23). The maximum atomic E-state index is 12.0. The van der Waals surface area contributed by atoms with E-state index in [4.69, 9.17) is 15.2 Å². The van der Waals surface area contributed by atoms with Crippen LogP contribution in [-0.2, 0) is 19.1 Å². The van der Waals surface area contributed by atoms with Crippen LogP contribution >= 0.6 is 0 Å². The summed E-state index contributed by atoms with van der Waals surface area (Å²) >= 11 is 0. The third kappa shape index (κ3) is 3.37. The van der Waals surface area contributed by atoms with Crippen molar-refractivity contribution in [1.82, 2.24) is 9.97 Å². The largest absolute Gasteiger partial charge is 0.466 e. The van der Waals surface area contributed by atoms with Crippen LogP contribution < -0.4 is 21.5 Å². The highest BCUT2D eigenvalue weighted by Gasteiger charge is 2.47. The molecule has 4 N–H and O–H groups in total. The van der Waals surface area contributed by atoms with Gasteiger partial charge in [0.1, 0.15) is 5.69 Å². The predicted molar refractivity (Wildman–Crippen MR) is 88.9 cm³/mol. The third-order valence-electron chi connectivity index (χ3n) is 4.64. The summed E-state index contributed by atoms with van der Waals surface area (Å²) in [6.45, 7) is 3.61. The zero-order valence-corrected chi connectivity index (χ0v) is 14.1. The van der Waals surface area contributed by atoms with Crippen LogP contribution in [0.1, 0.15) is 20.3 Å². The van der Waals surface area contributed by atoms with Crippen molar-refractivity contribution in [1.29, 1.82) is 0 Å². The van der Waals surface area contributed by atoms with E-state index in [1.54, 1.807) is 0 Å². The smallest absolute Gasteiger partial charge is 0.302 e. The van der Waals surface area contributed by atoms with Gasteiger partial charge in [-0.3, -0.25) is 19.4 Å². The number of hydrogen-bond donors (Lipinski definition) is 3. The van der Waals surface area contributed by atoms with E-state index in [1.165, 1.54) is 13.8 Å². The molecule has 25 heavy (non-hydrogen) atoms. The van der Waals surface area contributed by atoms with Gasteiger partial charge in [-0.25, -0.2) is 0 Å². The first kappa shape index (κ1) is 17.1. The van der Waals surface area contributed by atoms with Crippen molar-refractivity contribution >= 4 is 29.4 Å². The fraction of sp³-hybridized carbons (Fsp3) is 0.600. The van der Waals surface area contributed by atoms with E-state index in [0.717, 1.165) is 6.42 Å². The minimum Gasteiger partial charge on any atom is -0.466 e. The van der Waals surface area contributed by atoms with Crippen molar-refractivity contribution in [2.45, 2.75) is 26.3 Å².